The van der Waals surface area contributed by atoms with Gasteiger partial charge in [0.25, 0.3) is 0 Å². The van der Waals surface area contributed by atoms with Crippen molar-refractivity contribution >= 4 is 23.3 Å². The van der Waals surface area contributed by atoms with E-state index in [2.05, 4.69) is 10.6 Å². The van der Waals surface area contributed by atoms with Gasteiger partial charge < -0.3 is 25.6 Å². The first kappa shape index (κ1) is 24.0. The van der Waals surface area contributed by atoms with Gasteiger partial charge in [-0.25, -0.2) is 0 Å². The zero-order valence-electron chi connectivity index (χ0n) is 19.5. The summed E-state index contributed by atoms with van der Waals surface area (Å²) in [5, 5.41) is 26.8. The van der Waals surface area contributed by atoms with Crippen LogP contribution in [-0.4, -0.2) is 46.6 Å². The number of rotatable bonds is 6. The number of benzene rings is 1. The largest absolute Gasteiger partial charge is 0.507 e. The lowest BCUT2D eigenvalue weighted by Crippen LogP contribution is -2.42. The van der Waals surface area contributed by atoms with Crippen molar-refractivity contribution in [2.75, 3.05) is 13.1 Å². The van der Waals surface area contributed by atoms with Crippen molar-refractivity contribution in [1.82, 2.24) is 10.6 Å². The Hall–Kier alpha value is -3.62. The Balaban J connectivity index is 2.06. The van der Waals surface area contributed by atoms with E-state index < -0.39 is 28.5 Å². The molecule has 176 valence electrons. The molecular formula is C24H28N2O7. The van der Waals surface area contributed by atoms with Crippen LogP contribution in [0.15, 0.2) is 23.1 Å². The number of carbonyl (C=O) groups is 4. The summed E-state index contributed by atoms with van der Waals surface area (Å²) in [5.41, 5.74) is -1.68. The van der Waals surface area contributed by atoms with Crippen LogP contribution in [0, 0.1) is 12.8 Å². The Morgan fingerprint density at radius 3 is 2.33 bits per heavy atom. The molecule has 3 rings (SSSR count). The van der Waals surface area contributed by atoms with Crippen molar-refractivity contribution in [3.05, 3.63) is 39.8 Å². The van der Waals surface area contributed by atoms with E-state index in [1.165, 1.54) is 27.7 Å². The Bertz CT molecular complexity index is 1160. The topological polar surface area (TPSA) is 142 Å². The van der Waals surface area contributed by atoms with Crippen LogP contribution in [0.25, 0.3) is 0 Å². The average molecular weight is 456 g/mol. The third-order valence-corrected chi connectivity index (χ3v) is 5.98. The zero-order chi connectivity index (χ0) is 24.8. The molecule has 0 fully saturated rings. The van der Waals surface area contributed by atoms with Gasteiger partial charge in [0.2, 0.25) is 5.91 Å². The van der Waals surface area contributed by atoms with Crippen LogP contribution < -0.4 is 15.4 Å². The molecule has 0 radical (unpaired) electrons. The van der Waals surface area contributed by atoms with Gasteiger partial charge in [-0.15, -0.1) is 0 Å². The normalized spacial score (nSPS) is 20.6. The summed E-state index contributed by atoms with van der Waals surface area (Å²) in [6, 6.07) is 0. The summed E-state index contributed by atoms with van der Waals surface area (Å²) in [7, 11) is 0. The fourth-order valence-electron chi connectivity index (χ4n) is 4.04. The summed E-state index contributed by atoms with van der Waals surface area (Å²) < 4.78 is 5.72. The van der Waals surface area contributed by atoms with Gasteiger partial charge in [0, 0.05) is 23.9 Å². The second-order valence-corrected chi connectivity index (χ2v) is 8.94. The highest BCUT2D eigenvalue weighted by molar-refractivity contribution is 6.31. The second kappa shape index (κ2) is 8.38. The summed E-state index contributed by atoms with van der Waals surface area (Å²) in [6.07, 6.45) is 1.14. The molecule has 2 aliphatic rings. The third-order valence-electron chi connectivity index (χ3n) is 5.98. The molecule has 0 bridgehead atoms. The lowest BCUT2D eigenvalue weighted by atomic mass is 9.70. The van der Waals surface area contributed by atoms with Crippen molar-refractivity contribution in [3.8, 4) is 17.2 Å². The molecule has 9 nitrogen and oxygen atoms in total. The smallest absolute Gasteiger partial charge is 0.239 e. The number of ether oxygens (including phenoxy) is 1. The molecule has 0 saturated heterocycles. The molecule has 1 aromatic carbocycles. The highest BCUT2D eigenvalue weighted by Crippen LogP contribution is 2.57. The molecule has 33 heavy (non-hydrogen) atoms. The summed E-state index contributed by atoms with van der Waals surface area (Å²) in [5.74, 6) is -2.82. The molecule has 4 N–H and O–H groups in total. The first-order chi connectivity index (χ1) is 15.3. The van der Waals surface area contributed by atoms with E-state index in [-0.39, 0.29) is 63.6 Å². The molecule has 0 spiro atoms. The zero-order valence-corrected chi connectivity index (χ0v) is 19.5. The number of fused-ring (bicyclic) bond motifs is 3. The van der Waals surface area contributed by atoms with E-state index in [4.69, 9.17) is 4.74 Å². The minimum absolute atomic E-state index is 0.0201. The number of carbonyl (C=O) groups excluding carboxylic acids is 4. The maximum absolute atomic E-state index is 13.6. The number of phenolic OH excluding ortho intramolecular Hbond substituents is 2. The van der Waals surface area contributed by atoms with Crippen LogP contribution >= 0.6 is 0 Å². The lowest BCUT2D eigenvalue weighted by Gasteiger charge is -2.29. The predicted octanol–water partition coefficient (Wildman–Crippen LogP) is 1.93. The second-order valence-electron chi connectivity index (χ2n) is 8.94. The van der Waals surface area contributed by atoms with Crippen molar-refractivity contribution in [3.63, 3.8) is 0 Å². The standard InChI is InChI=1S/C24H28N2O7/c1-10(2)8-26-16(29)9-25-12(4)17-14(28)7-15-24(6,23(17)32)19-21(31)11(3)20(30)18(13(5)27)22(19)33-15/h7,10,25,30-31H,8-9H2,1-6H3,(H,26,29)/t24-/m0/s1. The summed E-state index contributed by atoms with van der Waals surface area (Å²) >= 11 is 0. The van der Waals surface area contributed by atoms with Crippen molar-refractivity contribution in [2.45, 2.75) is 47.0 Å². The fraction of sp³-hybridized carbons (Fsp3) is 0.417. The molecule has 0 saturated carbocycles. The lowest BCUT2D eigenvalue weighted by molar-refractivity contribution is -0.124. The number of nitrogens with one attached hydrogen (secondary N) is 2. The Kier molecular flexibility index (Phi) is 6.10. The van der Waals surface area contributed by atoms with Gasteiger partial charge in [-0.2, -0.15) is 0 Å². The first-order valence-electron chi connectivity index (χ1n) is 10.6. The van der Waals surface area contributed by atoms with E-state index in [1.54, 1.807) is 0 Å². The van der Waals surface area contributed by atoms with Crippen LogP contribution in [0.4, 0.5) is 0 Å². The Morgan fingerprint density at radius 1 is 1.12 bits per heavy atom. The van der Waals surface area contributed by atoms with Gasteiger partial charge in [0.15, 0.2) is 17.3 Å². The monoisotopic (exact) mass is 456 g/mol. The molecule has 1 aliphatic heterocycles. The van der Waals surface area contributed by atoms with Gasteiger partial charge in [0.1, 0.15) is 34.0 Å². The molecule has 1 aromatic rings. The molecule has 1 atom stereocenters. The fourth-order valence-corrected chi connectivity index (χ4v) is 4.04. The number of hydrogen-bond acceptors (Lipinski definition) is 8. The maximum atomic E-state index is 13.6. The number of phenols is 2. The third kappa shape index (κ3) is 3.77. The minimum Gasteiger partial charge on any atom is -0.507 e. The minimum atomic E-state index is -1.59. The molecule has 1 aliphatic carbocycles. The number of aromatic hydroxyl groups is 2. The van der Waals surface area contributed by atoms with E-state index in [0.29, 0.717) is 6.54 Å². The quantitative estimate of drug-likeness (QED) is 0.289. The average Bonchev–Trinajstić information content (AvgIpc) is 3.02. The summed E-state index contributed by atoms with van der Waals surface area (Å²) in [6.45, 7) is 9.93. The van der Waals surface area contributed by atoms with E-state index in [0.717, 1.165) is 6.08 Å². The SMILES string of the molecule is CC(=O)c1c(O)c(C)c(O)c2c1OC1=CC(=O)C(=C(C)NCC(=O)NCC(C)C)C(=O)[C@@]12C. The molecule has 1 heterocycles. The van der Waals surface area contributed by atoms with Crippen LogP contribution in [0.1, 0.15) is 56.1 Å². The highest BCUT2D eigenvalue weighted by Gasteiger charge is 2.56. The first-order valence-corrected chi connectivity index (χ1v) is 10.6. The van der Waals surface area contributed by atoms with Crippen LogP contribution in [0.3, 0.4) is 0 Å². The van der Waals surface area contributed by atoms with E-state index in [9.17, 15) is 29.4 Å². The molecule has 1 amide bonds. The van der Waals surface area contributed by atoms with Crippen molar-refractivity contribution < 1.29 is 34.1 Å². The number of allylic oxidation sites excluding steroid dienone is 4. The van der Waals surface area contributed by atoms with Crippen molar-refractivity contribution in [2.24, 2.45) is 5.92 Å². The van der Waals surface area contributed by atoms with Crippen molar-refractivity contribution in [1.29, 1.82) is 0 Å². The van der Waals surface area contributed by atoms with Gasteiger partial charge in [-0.1, -0.05) is 13.8 Å². The molecular weight excluding hydrogens is 428 g/mol. The van der Waals surface area contributed by atoms with E-state index in [1.807, 2.05) is 13.8 Å². The van der Waals surface area contributed by atoms with E-state index >= 15 is 0 Å². The maximum Gasteiger partial charge on any atom is 0.239 e. The van der Waals surface area contributed by atoms with Gasteiger partial charge >= 0.3 is 0 Å². The Labute approximate surface area is 191 Å². The van der Waals surface area contributed by atoms with Gasteiger partial charge in [0.05, 0.1) is 17.7 Å². The molecule has 0 unspecified atom stereocenters. The number of amides is 1. The van der Waals surface area contributed by atoms with Crippen LogP contribution in [0.5, 0.6) is 17.2 Å². The number of ketones is 3. The molecule has 0 aromatic heterocycles. The van der Waals surface area contributed by atoms with Gasteiger partial charge in [-0.05, 0) is 33.6 Å². The highest BCUT2D eigenvalue weighted by atomic mass is 16.5. The number of hydrogen-bond donors (Lipinski definition) is 4. The predicted molar refractivity (Wildman–Crippen MR) is 119 cm³/mol. The van der Waals surface area contributed by atoms with Crippen LogP contribution in [-0.2, 0) is 19.8 Å². The molecule has 9 heteroatoms. The Morgan fingerprint density at radius 2 is 1.76 bits per heavy atom. The summed E-state index contributed by atoms with van der Waals surface area (Å²) in [4.78, 5) is 50.7. The van der Waals surface area contributed by atoms with Crippen LogP contribution in [0.2, 0.25) is 0 Å². The number of Topliss-reactive ketones (excluding diaryl/α,β-unsaturated/α-hetero) is 2. The van der Waals surface area contributed by atoms with Gasteiger partial charge in [-0.3, -0.25) is 19.2 Å².